The molecule has 0 saturated carbocycles. The van der Waals surface area contributed by atoms with Gasteiger partial charge in [-0.15, -0.1) is 0 Å². The van der Waals surface area contributed by atoms with E-state index in [-0.39, 0.29) is 10.8 Å². The van der Waals surface area contributed by atoms with Crippen LogP contribution in [0.4, 0.5) is 17.1 Å². The van der Waals surface area contributed by atoms with Gasteiger partial charge in [-0.3, -0.25) is 13.9 Å². The van der Waals surface area contributed by atoms with Crippen LogP contribution in [-0.2, 0) is 19.6 Å². The molecule has 0 heterocycles. The van der Waals surface area contributed by atoms with Crippen molar-refractivity contribution in [1.82, 2.24) is 0 Å². The third kappa shape index (κ3) is 6.11. The summed E-state index contributed by atoms with van der Waals surface area (Å²) >= 11 is 0. The Bertz CT molecular complexity index is 1220. The van der Waals surface area contributed by atoms with Crippen molar-refractivity contribution in [1.29, 1.82) is 0 Å². The SMILES string of the molecule is COc1ccc(S(=O)(=O)N(CC(=O)Nc2ccc(NC(C)=O)cc2)c2ccc(C)cc2)cc1. The Morgan fingerprint density at radius 1 is 0.848 bits per heavy atom. The van der Waals surface area contributed by atoms with Crippen LogP contribution in [0.15, 0.2) is 77.7 Å². The molecule has 0 saturated heterocycles. The fourth-order valence-corrected chi connectivity index (χ4v) is 4.49. The first-order chi connectivity index (χ1) is 15.7. The molecular formula is C24H25N3O5S. The Hall–Kier alpha value is -3.85. The molecule has 3 rings (SSSR count). The highest BCUT2D eigenvalue weighted by Gasteiger charge is 2.27. The fourth-order valence-electron chi connectivity index (χ4n) is 3.07. The molecule has 33 heavy (non-hydrogen) atoms. The number of nitrogens with zero attached hydrogens (tertiary/aromatic N) is 1. The molecule has 3 aromatic carbocycles. The third-order valence-corrected chi connectivity index (χ3v) is 6.53. The van der Waals surface area contributed by atoms with Gasteiger partial charge >= 0.3 is 0 Å². The van der Waals surface area contributed by atoms with Crippen molar-refractivity contribution in [2.45, 2.75) is 18.7 Å². The average molecular weight is 468 g/mol. The molecule has 9 heteroatoms. The molecule has 0 aromatic heterocycles. The molecule has 0 aliphatic rings. The maximum atomic E-state index is 13.4. The largest absolute Gasteiger partial charge is 0.497 e. The van der Waals surface area contributed by atoms with Crippen LogP contribution in [0.3, 0.4) is 0 Å². The van der Waals surface area contributed by atoms with E-state index in [1.807, 2.05) is 6.92 Å². The summed E-state index contributed by atoms with van der Waals surface area (Å²) in [5.41, 5.74) is 2.39. The van der Waals surface area contributed by atoms with Crippen molar-refractivity contribution < 1.29 is 22.7 Å². The highest BCUT2D eigenvalue weighted by atomic mass is 32.2. The Morgan fingerprint density at radius 3 is 1.91 bits per heavy atom. The summed E-state index contributed by atoms with van der Waals surface area (Å²) in [6, 6.07) is 19.4. The van der Waals surface area contributed by atoms with E-state index < -0.39 is 22.5 Å². The predicted molar refractivity (Wildman–Crippen MR) is 128 cm³/mol. The molecule has 0 spiro atoms. The summed E-state index contributed by atoms with van der Waals surface area (Å²) in [6.07, 6.45) is 0. The molecule has 172 valence electrons. The van der Waals surface area contributed by atoms with Gasteiger partial charge in [-0.05, 0) is 67.6 Å². The topological polar surface area (TPSA) is 105 Å². The lowest BCUT2D eigenvalue weighted by Crippen LogP contribution is -2.38. The summed E-state index contributed by atoms with van der Waals surface area (Å²) < 4.78 is 33.0. The number of amides is 2. The summed E-state index contributed by atoms with van der Waals surface area (Å²) in [5, 5.41) is 5.34. The number of nitrogens with one attached hydrogen (secondary N) is 2. The maximum absolute atomic E-state index is 13.4. The van der Waals surface area contributed by atoms with Crippen molar-refractivity contribution in [3.8, 4) is 5.75 Å². The molecule has 0 unspecified atom stereocenters. The zero-order valence-electron chi connectivity index (χ0n) is 18.5. The van der Waals surface area contributed by atoms with Crippen LogP contribution in [0.2, 0.25) is 0 Å². The van der Waals surface area contributed by atoms with E-state index in [9.17, 15) is 18.0 Å². The molecule has 0 radical (unpaired) electrons. The quantitative estimate of drug-likeness (QED) is 0.524. The lowest BCUT2D eigenvalue weighted by atomic mass is 10.2. The summed E-state index contributed by atoms with van der Waals surface area (Å²) in [4.78, 5) is 24.0. The monoisotopic (exact) mass is 467 g/mol. The normalized spacial score (nSPS) is 10.9. The number of aryl methyl sites for hydroxylation is 1. The Morgan fingerprint density at radius 2 is 1.39 bits per heavy atom. The number of carbonyl (C=O) groups excluding carboxylic acids is 2. The van der Waals surface area contributed by atoms with Crippen LogP contribution >= 0.6 is 0 Å². The molecule has 8 nitrogen and oxygen atoms in total. The molecule has 0 atom stereocenters. The molecule has 0 aliphatic carbocycles. The van der Waals surface area contributed by atoms with Gasteiger partial charge < -0.3 is 15.4 Å². The van der Waals surface area contributed by atoms with E-state index in [0.717, 1.165) is 9.87 Å². The van der Waals surface area contributed by atoms with Crippen LogP contribution < -0.4 is 19.7 Å². The van der Waals surface area contributed by atoms with Crippen molar-refractivity contribution in [2.75, 3.05) is 28.6 Å². The van der Waals surface area contributed by atoms with Gasteiger partial charge in [0.1, 0.15) is 12.3 Å². The van der Waals surface area contributed by atoms with E-state index in [4.69, 9.17) is 4.74 Å². The second-order valence-corrected chi connectivity index (χ2v) is 9.19. The average Bonchev–Trinajstić information content (AvgIpc) is 2.79. The van der Waals surface area contributed by atoms with Gasteiger partial charge in [0.05, 0.1) is 17.7 Å². The fraction of sp³-hybridized carbons (Fsp3) is 0.167. The first-order valence-corrected chi connectivity index (χ1v) is 11.5. The highest BCUT2D eigenvalue weighted by Crippen LogP contribution is 2.26. The number of carbonyl (C=O) groups is 2. The van der Waals surface area contributed by atoms with Crippen LogP contribution in [0, 0.1) is 6.92 Å². The van der Waals surface area contributed by atoms with Crippen molar-refractivity contribution in [3.05, 3.63) is 78.4 Å². The van der Waals surface area contributed by atoms with E-state index in [2.05, 4.69) is 10.6 Å². The van der Waals surface area contributed by atoms with Gasteiger partial charge in [0.2, 0.25) is 11.8 Å². The number of ether oxygens (including phenoxy) is 1. The van der Waals surface area contributed by atoms with Crippen LogP contribution in [0.1, 0.15) is 12.5 Å². The number of hydrogen-bond acceptors (Lipinski definition) is 5. The standard InChI is InChI=1S/C24H25N3O5S/c1-17-4-10-21(11-5-17)27(33(30,31)23-14-12-22(32-3)13-15-23)16-24(29)26-20-8-6-19(7-9-20)25-18(2)28/h4-15H,16H2,1-3H3,(H,25,28)(H,26,29). The third-order valence-electron chi connectivity index (χ3n) is 4.75. The minimum absolute atomic E-state index is 0.0383. The van der Waals surface area contributed by atoms with Crippen molar-refractivity contribution in [3.63, 3.8) is 0 Å². The number of benzene rings is 3. The molecule has 0 fully saturated rings. The van der Waals surface area contributed by atoms with E-state index in [1.54, 1.807) is 60.7 Å². The van der Waals surface area contributed by atoms with Gasteiger partial charge in [-0.1, -0.05) is 17.7 Å². The predicted octanol–water partition coefficient (Wildman–Crippen LogP) is 3.80. The second-order valence-electron chi connectivity index (χ2n) is 7.33. The van der Waals surface area contributed by atoms with Crippen LogP contribution in [0.25, 0.3) is 0 Å². The van der Waals surface area contributed by atoms with Gasteiger partial charge in [0.25, 0.3) is 10.0 Å². The first-order valence-electron chi connectivity index (χ1n) is 10.1. The maximum Gasteiger partial charge on any atom is 0.264 e. The number of hydrogen-bond donors (Lipinski definition) is 2. The molecule has 2 amide bonds. The molecule has 0 aliphatic heterocycles. The van der Waals surface area contributed by atoms with Crippen LogP contribution in [-0.4, -0.2) is 33.9 Å². The molecule has 0 bridgehead atoms. The summed E-state index contributed by atoms with van der Waals surface area (Å²) in [7, 11) is -2.53. The molecule has 2 N–H and O–H groups in total. The van der Waals surface area contributed by atoms with E-state index in [1.165, 1.54) is 26.2 Å². The second kappa shape index (κ2) is 10.2. The van der Waals surface area contributed by atoms with Gasteiger partial charge in [-0.2, -0.15) is 0 Å². The number of methoxy groups -OCH3 is 1. The van der Waals surface area contributed by atoms with Gasteiger partial charge in [-0.25, -0.2) is 8.42 Å². The van der Waals surface area contributed by atoms with Crippen LogP contribution in [0.5, 0.6) is 5.75 Å². The number of rotatable bonds is 8. The van der Waals surface area contributed by atoms with Gasteiger partial charge in [0.15, 0.2) is 0 Å². The zero-order valence-corrected chi connectivity index (χ0v) is 19.3. The summed E-state index contributed by atoms with van der Waals surface area (Å²) in [5.74, 6) is -0.194. The summed E-state index contributed by atoms with van der Waals surface area (Å²) in [6.45, 7) is 2.87. The first kappa shape index (κ1) is 23.8. The Balaban J connectivity index is 1.85. The van der Waals surface area contributed by atoms with E-state index in [0.29, 0.717) is 22.8 Å². The number of sulfonamides is 1. The smallest absolute Gasteiger partial charge is 0.264 e. The minimum atomic E-state index is -4.03. The molecular weight excluding hydrogens is 442 g/mol. The highest BCUT2D eigenvalue weighted by molar-refractivity contribution is 7.92. The lowest BCUT2D eigenvalue weighted by molar-refractivity contribution is -0.115. The zero-order chi connectivity index (χ0) is 24.0. The Labute approximate surface area is 193 Å². The van der Waals surface area contributed by atoms with E-state index >= 15 is 0 Å². The molecule has 3 aromatic rings. The minimum Gasteiger partial charge on any atom is -0.497 e. The van der Waals surface area contributed by atoms with Crippen molar-refractivity contribution >= 4 is 38.9 Å². The van der Waals surface area contributed by atoms with Gasteiger partial charge in [0, 0.05) is 18.3 Å². The lowest BCUT2D eigenvalue weighted by Gasteiger charge is -2.24. The van der Waals surface area contributed by atoms with Crippen molar-refractivity contribution in [2.24, 2.45) is 0 Å². The Kier molecular flexibility index (Phi) is 7.34. The number of anilines is 3.